The minimum atomic E-state index is -0.578. The Labute approximate surface area is 61.0 Å². The fourth-order valence-electron chi connectivity index (χ4n) is 0.619. The van der Waals surface area contributed by atoms with Gasteiger partial charge in [0, 0.05) is 13.3 Å². The van der Waals surface area contributed by atoms with E-state index in [4.69, 9.17) is 12.3 Å². The molecule has 3 nitrogen and oxygen atoms in total. The second kappa shape index (κ2) is 3.21. The lowest BCUT2D eigenvalue weighted by atomic mass is 9.96. The summed E-state index contributed by atoms with van der Waals surface area (Å²) in [6.07, 6.45) is 0.826. The smallest absolute Gasteiger partial charge is 0.238 e. The first kappa shape index (κ1) is 8.96. The molecule has 0 radical (unpaired) electrons. The minimum absolute atomic E-state index is 0.160. The van der Waals surface area contributed by atoms with E-state index in [-0.39, 0.29) is 6.42 Å². The number of hydrogen-bond acceptors (Lipinski definition) is 1. The van der Waals surface area contributed by atoms with Gasteiger partial charge in [-0.25, -0.2) is 6.57 Å². The number of rotatable bonds is 3. The van der Waals surface area contributed by atoms with Crippen LogP contribution in [0, 0.1) is 6.57 Å². The summed E-state index contributed by atoms with van der Waals surface area (Å²) in [5.41, 5.74) is 4.37. The van der Waals surface area contributed by atoms with Crippen molar-refractivity contribution in [2.45, 2.75) is 32.2 Å². The van der Waals surface area contributed by atoms with Crippen molar-refractivity contribution in [3.63, 3.8) is 0 Å². The van der Waals surface area contributed by atoms with E-state index >= 15 is 0 Å². The Morgan fingerprint density at radius 2 is 2.30 bits per heavy atom. The zero-order valence-electron chi connectivity index (χ0n) is 6.35. The monoisotopic (exact) mass is 140 g/mol. The molecule has 0 aromatic heterocycles. The molecule has 1 atom stereocenters. The Morgan fingerprint density at radius 3 is 2.40 bits per heavy atom. The normalized spacial score (nSPS) is 15.3. The number of amides is 1. The van der Waals surface area contributed by atoms with Crippen molar-refractivity contribution in [3.8, 4) is 0 Å². The lowest BCUT2D eigenvalue weighted by Crippen LogP contribution is -2.27. The van der Waals surface area contributed by atoms with Crippen molar-refractivity contribution in [2.75, 3.05) is 0 Å². The zero-order valence-corrected chi connectivity index (χ0v) is 6.35. The largest absolute Gasteiger partial charge is 0.369 e. The molecule has 1 amide bonds. The van der Waals surface area contributed by atoms with Crippen LogP contribution in [0.2, 0.25) is 0 Å². The second-order valence-corrected chi connectivity index (χ2v) is 2.61. The topological polar surface area (TPSA) is 47.5 Å². The third-order valence-electron chi connectivity index (χ3n) is 1.59. The average molecular weight is 140 g/mol. The Bertz CT molecular complexity index is 171. The summed E-state index contributed by atoms with van der Waals surface area (Å²) in [5, 5.41) is 0. The van der Waals surface area contributed by atoms with Gasteiger partial charge in [0.15, 0.2) is 0 Å². The molecule has 0 aliphatic heterocycles. The van der Waals surface area contributed by atoms with Gasteiger partial charge in [0.25, 0.3) is 0 Å². The third kappa shape index (κ3) is 2.49. The maximum Gasteiger partial charge on any atom is 0.238 e. The highest BCUT2D eigenvalue weighted by Gasteiger charge is 2.29. The van der Waals surface area contributed by atoms with Gasteiger partial charge in [-0.2, -0.15) is 0 Å². The third-order valence-corrected chi connectivity index (χ3v) is 1.59. The van der Waals surface area contributed by atoms with Crippen LogP contribution in [0.1, 0.15) is 26.7 Å². The number of nitrogens with zero attached hydrogens (tertiary/aromatic N) is 1. The number of carbonyl (C=O) groups is 1. The van der Waals surface area contributed by atoms with E-state index in [1.165, 1.54) is 0 Å². The van der Waals surface area contributed by atoms with Crippen LogP contribution in [0.5, 0.6) is 0 Å². The first-order chi connectivity index (χ1) is 4.54. The van der Waals surface area contributed by atoms with E-state index in [9.17, 15) is 4.79 Å². The van der Waals surface area contributed by atoms with Crippen molar-refractivity contribution in [2.24, 2.45) is 5.73 Å². The van der Waals surface area contributed by atoms with Gasteiger partial charge in [0.1, 0.15) is 6.42 Å². The lowest BCUT2D eigenvalue weighted by molar-refractivity contribution is -0.118. The first-order valence-electron chi connectivity index (χ1n) is 3.21. The van der Waals surface area contributed by atoms with Gasteiger partial charge in [-0.3, -0.25) is 4.79 Å². The van der Waals surface area contributed by atoms with Gasteiger partial charge in [-0.05, 0) is 0 Å². The zero-order chi connectivity index (χ0) is 8.20. The van der Waals surface area contributed by atoms with Crippen LogP contribution in [0.3, 0.4) is 0 Å². The van der Waals surface area contributed by atoms with Crippen molar-refractivity contribution in [3.05, 3.63) is 11.4 Å². The molecule has 3 heteroatoms. The molecule has 0 fully saturated rings. The minimum Gasteiger partial charge on any atom is -0.369 e. The van der Waals surface area contributed by atoms with E-state index < -0.39 is 11.4 Å². The molecule has 0 bridgehead atoms. The summed E-state index contributed by atoms with van der Waals surface area (Å²) in [6, 6.07) is 0. The maximum atomic E-state index is 10.4. The highest BCUT2D eigenvalue weighted by atomic mass is 16.1. The molecule has 0 aromatic carbocycles. The van der Waals surface area contributed by atoms with Crippen LogP contribution in [0.15, 0.2) is 0 Å². The molecule has 0 aliphatic rings. The fourth-order valence-corrected chi connectivity index (χ4v) is 0.619. The molecule has 0 saturated heterocycles. The number of primary amides is 1. The average Bonchev–Trinajstić information content (AvgIpc) is 1.87. The summed E-state index contributed by atoms with van der Waals surface area (Å²) in [5.74, 6) is -0.402. The van der Waals surface area contributed by atoms with Crippen molar-refractivity contribution in [1.29, 1.82) is 0 Å². The summed E-state index contributed by atoms with van der Waals surface area (Å²) < 4.78 is 0. The maximum absolute atomic E-state index is 10.4. The lowest BCUT2D eigenvalue weighted by Gasteiger charge is -2.11. The van der Waals surface area contributed by atoms with Gasteiger partial charge >= 0.3 is 0 Å². The predicted octanol–water partition coefficient (Wildman–Crippen LogP) is 0.950. The summed E-state index contributed by atoms with van der Waals surface area (Å²) in [6.45, 7) is 10.4. The Hall–Kier alpha value is -1.04. The molecule has 0 aliphatic carbocycles. The predicted molar refractivity (Wildman–Crippen MR) is 39.1 cm³/mol. The van der Waals surface area contributed by atoms with Crippen LogP contribution in [-0.4, -0.2) is 11.4 Å². The molecule has 0 spiro atoms. The van der Waals surface area contributed by atoms with Gasteiger partial charge in [-0.15, -0.1) is 0 Å². The Kier molecular flexibility index (Phi) is 2.88. The van der Waals surface area contributed by atoms with Crippen molar-refractivity contribution >= 4 is 5.91 Å². The van der Waals surface area contributed by atoms with E-state index in [0.717, 1.165) is 0 Å². The highest BCUT2D eigenvalue weighted by molar-refractivity contribution is 5.75. The summed E-state index contributed by atoms with van der Waals surface area (Å²) in [7, 11) is 0. The fraction of sp³-hybridized carbons (Fsp3) is 0.714. The van der Waals surface area contributed by atoms with Crippen LogP contribution in [0.4, 0.5) is 0 Å². The van der Waals surface area contributed by atoms with Crippen molar-refractivity contribution in [1.82, 2.24) is 0 Å². The molecule has 0 saturated carbocycles. The molecular weight excluding hydrogens is 128 g/mol. The van der Waals surface area contributed by atoms with Crippen LogP contribution < -0.4 is 5.73 Å². The Morgan fingerprint density at radius 1 is 1.80 bits per heavy atom. The van der Waals surface area contributed by atoms with Crippen molar-refractivity contribution < 1.29 is 4.79 Å². The van der Waals surface area contributed by atoms with E-state index in [0.29, 0.717) is 6.42 Å². The highest BCUT2D eigenvalue weighted by Crippen LogP contribution is 2.18. The second-order valence-electron chi connectivity index (χ2n) is 2.61. The quantitative estimate of drug-likeness (QED) is 0.583. The van der Waals surface area contributed by atoms with E-state index in [2.05, 4.69) is 4.85 Å². The molecular formula is C7H12N2O. The van der Waals surface area contributed by atoms with Gasteiger partial charge < -0.3 is 10.6 Å². The first-order valence-corrected chi connectivity index (χ1v) is 3.21. The molecule has 0 rings (SSSR count). The SMILES string of the molecule is [C-]#[N+]C(C)(CC)CC(N)=O. The van der Waals surface area contributed by atoms with Crippen LogP contribution >= 0.6 is 0 Å². The van der Waals surface area contributed by atoms with Crippen LogP contribution in [-0.2, 0) is 4.79 Å². The molecule has 0 aromatic rings. The molecule has 10 heavy (non-hydrogen) atoms. The van der Waals surface area contributed by atoms with E-state index in [1.54, 1.807) is 6.92 Å². The molecule has 2 N–H and O–H groups in total. The number of carbonyl (C=O) groups excluding carboxylic acids is 1. The molecule has 56 valence electrons. The number of nitrogens with two attached hydrogens (primary N) is 1. The summed E-state index contributed by atoms with van der Waals surface area (Å²) >= 11 is 0. The van der Waals surface area contributed by atoms with Gasteiger partial charge in [0.2, 0.25) is 11.4 Å². The molecule has 0 heterocycles. The Balaban J connectivity index is 4.10. The van der Waals surface area contributed by atoms with Gasteiger partial charge in [-0.1, -0.05) is 6.92 Å². The van der Waals surface area contributed by atoms with E-state index in [1.807, 2.05) is 6.92 Å². The van der Waals surface area contributed by atoms with Crippen LogP contribution in [0.25, 0.3) is 4.85 Å². The summed E-state index contributed by atoms with van der Waals surface area (Å²) in [4.78, 5) is 13.7. The number of hydrogen-bond donors (Lipinski definition) is 1. The van der Waals surface area contributed by atoms with Gasteiger partial charge in [0.05, 0.1) is 0 Å². The standard InChI is InChI=1S/C7H12N2O/c1-4-7(2,9-3)5-6(8)10/h4-5H2,1-2H3,(H2,8,10). The molecule has 1 unspecified atom stereocenters.